The summed E-state index contributed by atoms with van der Waals surface area (Å²) in [6.45, 7) is 0. The van der Waals surface area contributed by atoms with E-state index in [2.05, 4.69) is 0 Å². The Morgan fingerprint density at radius 3 is 2.81 bits per heavy atom. The molecule has 0 radical (unpaired) electrons. The molecule has 0 saturated carbocycles. The van der Waals surface area contributed by atoms with Gasteiger partial charge in [-0.15, -0.1) is 11.3 Å². The average molecular weight is 230 g/mol. The normalized spacial score (nSPS) is 20.8. The minimum Gasteiger partial charge on any atom is -0.458 e. The lowest BCUT2D eigenvalue weighted by Crippen LogP contribution is -1.96. The van der Waals surface area contributed by atoms with Crippen molar-refractivity contribution < 1.29 is 9.84 Å². The van der Waals surface area contributed by atoms with Crippen molar-refractivity contribution in [2.75, 3.05) is 0 Å². The summed E-state index contributed by atoms with van der Waals surface area (Å²) in [4.78, 5) is 1.09. The van der Waals surface area contributed by atoms with E-state index in [0.29, 0.717) is 5.76 Å². The van der Waals surface area contributed by atoms with Gasteiger partial charge in [0.25, 0.3) is 0 Å². The van der Waals surface area contributed by atoms with Crippen LogP contribution in [-0.4, -0.2) is 5.11 Å². The first-order valence-corrected chi connectivity index (χ1v) is 5.92. The van der Waals surface area contributed by atoms with Gasteiger partial charge in [-0.1, -0.05) is 24.3 Å². The third kappa shape index (κ3) is 1.54. The van der Waals surface area contributed by atoms with Crippen LogP contribution < -0.4 is 4.74 Å². The first kappa shape index (κ1) is 9.63. The Morgan fingerprint density at radius 2 is 2.06 bits per heavy atom. The minimum atomic E-state index is -0.640. The highest BCUT2D eigenvalue weighted by Gasteiger charge is 2.26. The summed E-state index contributed by atoms with van der Waals surface area (Å²) in [5.74, 6) is 1.35. The van der Waals surface area contributed by atoms with E-state index in [1.807, 2.05) is 47.9 Å². The molecule has 1 aromatic carbocycles. The molecule has 3 rings (SSSR count). The molecule has 0 unspecified atom stereocenters. The van der Waals surface area contributed by atoms with Crippen LogP contribution >= 0.6 is 11.3 Å². The van der Waals surface area contributed by atoms with Crippen molar-refractivity contribution in [1.82, 2.24) is 0 Å². The molecule has 0 bridgehead atoms. The van der Waals surface area contributed by atoms with Gasteiger partial charge in [-0.25, -0.2) is 0 Å². The van der Waals surface area contributed by atoms with Crippen molar-refractivity contribution in [3.05, 3.63) is 58.0 Å². The molecule has 2 heterocycles. The van der Waals surface area contributed by atoms with Crippen molar-refractivity contribution in [2.45, 2.75) is 6.10 Å². The Bertz CT molecular complexity index is 529. The smallest absolute Gasteiger partial charge is 0.140 e. The number of thiophene rings is 1. The number of ether oxygens (including phenoxy) is 1. The van der Waals surface area contributed by atoms with Gasteiger partial charge in [-0.05, 0) is 23.6 Å². The maximum atomic E-state index is 10.1. The Kier molecular flexibility index (Phi) is 2.27. The first-order chi connectivity index (χ1) is 7.84. The molecule has 1 aromatic heterocycles. The molecule has 1 N–H and O–H groups in total. The fraction of sp³-hybridized carbons (Fsp3) is 0.0769. The lowest BCUT2D eigenvalue weighted by Gasteiger charge is -2.01. The second-order valence-electron chi connectivity index (χ2n) is 3.60. The molecule has 0 aliphatic carbocycles. The topological polar surface area (TPSA) is 29.5 Å². The molecule has 2 nitrogen and oxygen atoms in total. The molecule has 16 heavy (non-hydrogen) atoms. The van der Waals surface area contributed by atoms with Crippen molar-refractivity contribution >= 4 is 17.4 Å². The minimum absolute atomic E-state index is 0.601. The highest BCUT2D eigenvalue weighted by Crippen LogP contribution is 2.39. The first-order valence-electron chi connectivity index (χ1n) is 5.04. The van der Waals surface area contributed by atoms with Crippen LogP contribution in [0.1, 0.15) is 16.5 Å². The molecule has 1 aliphatic heterocycles. The van der Waals surface area contributed by atoms with E-state index in [1.165, 1.54) is 0 Å². The predicted octanol–water partition coefficient (Wildman–Crippen LogP) is 3.22. The van der Waals surface area contributed by atoms with Gasteiger partial charge in [-0.3, -0.25) is 0 Å². The molecule has 2 aromatic rings. The fourth-order valence-corrected chi connectivity index (χ4v) is 2.41. The zero-order chi connectivity index (χ0) is 11.0. The summed E-state index contributed by atoms with van der Waals surface area (Å²) in [5.41, 5.74) is 0.838. The van der Waals surface area contributed by atoms with E-state index in [4.69, 9.17) is 4.74 Å². The lowest BCUT2D eigenvalue weighted by molar-refractivity contribution is 0.193. The van der Waals surface area contributed by atoms with Crippen molar-refractivity contribution in [3.63, 3.8) is 0 Å². The van der Waals surface area contributed by atoms with Crippen LogP contribution in [0.25, 0.3) is 6.08 Å². The number of rotatable bonds is 1. The van der Waals surface area contributed by atoms with E-state index in [1.54, 1.807) is 11.3 Å². The molecule has 1 aliphatic rings. The van der Waals surface area contributed by atoms with Crippen LogP contribution in [0.3, 0.4) is 0 Å². The number of aliphatic hydroxyl groups excluding tert-OH is 1. The van der Waals surface area contributed by atoms with E-state index in [-0.39, 0.29) is 0 Å². The molecule has 1 atom stereocenters. The molecule has 0 spiro atoms. The highest BCUT2D eigenvalue weighted by molar-refractivity contribution is 7.10. The van der Waals surface area contributed by atoms with Crippen LogP contribution in [0.5, 0.6) is 5.75 Å². The molecule has 3 heteroatoms. The zero-order valence-electron chi connectivity index (χ0n) is 8.46. The summed E-state index contributed by atoms with van der Waals surface area (Å²) in [7, 11) is 0. The molecule has 0 amide bonds. The zero-order valence-corrected chi connectivity index (χ0v) is 9.28. The second kappa shape index (κ2) is 3.77. The van der Waals surface area contributed by atoms with Crippen molar-refractivity contribution in [2.24, 2.45) is 0 Å². The Hall–Kier alpha value is -1.58. The fourth-order valence-electron chi connectivity index (χ4n) is 1.76. The van der Waals surface area contributed by atoms with Crippen LogP contribution in [0.4, 0.5) is 0 Å². The van der Waals surface area contributed by atoms with Crippen LogP contribution in [-0.2, 0) is 0 Å². The predicted molar refractivity (Wildman–Crippen MR) is 64.3 cm³/mol. The van der Waals surface area contributed by atoms with Gasteiger partial charge in [0.2, 0.25) is 0 Å². The van der Waals surface area contributed by atoms with E-state index >= 15 is 0 Å². The van der Waals surface area contributed by atoms with Gasteiger partial charge >= 0.3 is 0 Å². The maximum Gasteiger partial charge on any atom is 0.140 e. The van der Waals surface area contributed by atoms with Gasteiger partial charge in [0.1, 0.15) is 17.6 Å². The quantitative estimate of drug-likeness (QED) is 0.815. The summed E-state index contributed by atoms with van der Waals surface area (Å²) in [6, 6.07) is 11.5. The summed E-state index contributed by atoms with van der Waals surface area (Å²) >= 11 is 1.62. The van der Waals surface area contributed by atoms with Gasteiger partial charge in [0, 0.05) is 10.4 Å². The number of fused-ring (bicyclic) bond motifs is 1. The number of hydrogen-bond acceptors (Lipinski definition) is 3. The maximum absolute atomic E-state index is 10.1. The molecule has 0 saturated heterocycles. The second-order valence-corrected chi connectivity index (χ2v) is 4.58. The lowest BCUT2D eigenvalue weighted by atomic mass is 10.1. The van der Waals surface area contributed by atoms with Crippen molar-refractivity contribution in [1.29, 1.82) is 0 Å². The van der Waals surface area contributed by atoms with Gasteiger partial charge < -0.3 is 9.84 Å². The Morgan fingerprint density at radius 1 is 1.19 bits per heavy atom. The number of para-hydroxylation sites is 1. The monoisotopic (exact) mass is 230 g/mol. The van der Waals surface area contributed by atoms with Crippen LogP contribution in [0.2, 0.25) is 0 Å². The average Bonchev–Trinajstić information content (AvgIpc) is 2.90. The van der Waals surface area contributed by atoms with Crippen LogP contribution in [0, 0.1) is 0 Å². The van der Waals surface area contributed by atoms with E-state index in [0.717, 1.165) is 16.2 Å². The molecule has 0 fully saturated rings. The van der Waals surface area contributed by atoms with Crippen molar-refractivity contribution in [3.8, 4) is 5.75 Å². The molecular weight excluding hydrogens is 220 g/mol. The third-order valence-electron chi connectivity index (χ3n) is 2.54. The number of aliphatic hydroxyl groups is 1. The van der Waals surface area contributed by atoms with Gasteiger partial charge in [0.15, 0.2) is 0 Å². The Balaban J connectivity index is 1.98. The summed E-state index contributed by atoms with van der Waals surface area (Å²) in [6.07, 6.45) is 1.24. The van der Waals surface area contributed by atoms with E-state index < -0.39 is 6.10 Å². The van der Waals surface area contributed by atoms with Gasteiger partial charge in [0.05, 0.1) is 0 Å². The summed E-state index contributed by atoms with van der Waals surface area (Å²) in [5, 5.41) is 12.1. The molecular formula is C13H10O2S. The SMILES string of the molecule is O[C@H]1/C(=C/c2cccs2)Oc2ccccc21. The Labute approximate surface area is 97.4 Å². The summed E-state index contributed by atoms with van der Waals surface area (Å²) < 4.78 is 5.61. The standard InChI is InChI=1S/C13H10O2S/c14-13-10-5-1-2-6-11(10)15-12(13)8-9-4-3-7-16-9/h1-8,13-14H/b12-8-/t13-/m1/s1. The molecule has 80 valence electrons. The number of hydrogen-bond donors (Lipinski definition) is 1. The largest absolute Gasteiger partial charge is 0.458 e. The number of benzene rings is 1. The third-order valence-corrected chi connectivity index (χ3v) is 3.36. The highest BCUT2D eigenvalue weighted by atomic mass is 32.1. The van der Waals surface area contributed by atoms with Crippen LogP contribution in [0.15, 0.2) is 47.5 Å². The van der Waals surface area contributed by atoms with E-state index in [9.17, 15) is 5.11 Å². The van der Waals surface area contributed by atoms with Gasteiger partial charge in [-0.2, -0.15) is 0 Å².